The number of esters is 1. The summed E-state index contributed by atoms with van der Waals surface area (Å²) in [4.78, 5) is 32.8. The molecule has 1 N–H and O–H groups in total. The first-order chi connectivity index (χ1) is 11.2. The fourth-order valence-electron chi connectivity index (χ4n) is 2.07. The van der Waals surface area contributed by atoms with Gasteiger partial charge in [-0.05, 0) is 52.3 Å². The molecule has 24 heavy (non-hydrogen) atoms. The highest BCUT2D eigenvalue weighted by Crippen LogP contribution is 2.15. The number of aryl methyl sites for hydroxylation is 2. The number of carbonyl (C=O) groups excluding carboxylic acids is 2. The summed E-state index contributed by atoms with van der Waals surface area (Å²) in [7, 11) is 0. The average Bonchev–Trinajstić information content (AvgIpc) is 2.53. The predicted octanol–water partition coefficient (Wildman–Crippen LogP) is 2.71. The Morgan fingerprint density at radius 3 is 2.38 bits per heavy atom. The molecule has 6 nitrogen and oxygen atoms in total. The lowest BCUT2D eigenvalue weighted by molar-refractivity contribution is -0.125. The van der Waals surface area contributed by atoms with E-state index >= 15 is 0 Å². The Kier molecular flexibility index (Phi) is 5.17. The van der Waals surface area contributed by atoms with E-state index in [1.807, 2.05) is 34.6 Å². The molecule has 1 aromatic heterocycles. The second kappa shape index (κ2) is 6.95. The Morgan fingerprint density at radius 2 is 1.75 bits per heavy atom. The van der Waals surface area contributed by atoms with Crippen LogP contribution in [0.1, 0.15) is 48.9 Å². The minimum atomic E-state index is -0.554. The number of amides is 1. The van der Waals surface area contributed by atoms with Gasteiger partial charge in [-0.15, -0.1) is 0 Å². The molecule has 2 aromatic rings. The molecular formula is C18H23N3O3. The van der Waals surface area contributed by atoms with Gasteiger partial charge >= 0.3 is 5.97 Å². The molecule has 6 heteroatoms. The van der Waals surface area contributed by atoms with Crippen molar-refractivity contribution in [1.82, 2.24) is 15.3 Å². The zero-order chi connectivity index (χ0) is 17.9. The molecule has 0 aliphatic carbocycles. The molecule has 1 heterocycles. The van der Waals surface area contributed by atoms with E-state index < -0.39 is 5.97 Å². The van der Waals surface area contributed by atoms with Crippen molar-refractivity contribution >= 4 is 22.9 Å². The van der Waals surface area contributed by atoms with E-state index in [1.54, 1.807) is 18.2 Å². The van der Waals surface area contributed by atoms with Crippen molar-refractivity contribution in [2.75, 3.05) is 6.61 Å². The number of aromatic nitrogens is 2. The molecule has 0 saturated carbocycles. The van der Waals surface area contributed by atoms with Gasteiger partial charge in [0.25, 0.3) is 5.91 Å². The van der Waals surface area contributed by atoms with Gasteiger partial charge in [-0.2, -0.15) is 0 Å². The Balaban J connectivity index is 2.06. The number of benzene rings is 1. The summed E-state index contributed by atoms with van der Waals surface area (Å²) in [6, 6.07) is 4.98. The van der Waals surface area contributed by atoms with Crippen LogP contribution in [0, 0.1) is 13.8 Å². The molecule has 1 aromatic carbocycles. The third kappa shape index (κ3) is 4.28. The van der Waals surface area contributed by atoms with Crippen molar-refractivity contribution in [3.63, 3.8) is 0 Å². The molecule has 0 aliphatic heterocycles. The van der Waals surface area contributed by atoms with Gasteiger partial charge in [-0.1, -0.05) is 6.92 Å². The normalized spacial score (nSPS) is 11.4. The van der Waals surface area contributed by atoms with Gasteiger partial charge < -0.3 is 10.1 Å². The Labute approximate surface area is 141 Å². The van der Waals surface area contributed by atoms with Crippen LogP contribution in [0.5, 0.6) is 0 Å². The van der Waals surface area contributed by atoms with E-state index in [1.165, 1.54) is 0 Å². The third-order valence-electron chi connectivity index (χ3n) is 4.01. The Hall–Kier alpha value is -2.50. The number of rotatable bonds is 5. The van der Waals surface area contributed by atoms with Crippen molar-refractivity contribution in [2.45, 2.75) is 46.6 Å². The van der Waals surface area contributed by atoms with E-state index in [9.17, 15) is 9.59 Å². The number of carbonyl (C=O) groups is 2. The van der Waals surface area contributed by atoms with Crippen LogP contribution in [0.15, 0.2) is 18.2 Å². The van der Waals surface area contributed by atoms with Gasteiger partial charge in [0.05, 0.1) is 28.0 Å². The molecule has 0 radical (unpaired) electrons. The van der Waals surface area contributed by atoms with Crippen molar-refractivity contribution < 1.29 is 14.3 Å². The minimum absolute atomic E-state index is 0.307. The molecule has 0 unspecified atom stereocenters. The first-order valence-electron chi connectivity index (χ1n) is 7.95. The van der Waals surface area contributed by atoms with Crippen molar-refractivity contribution in [1.29, 1.82) is 0 Å². The molecule has 1 amide bonds. The van der Waals surface area contributed by atoms with Gasteiger partial charge in [0.15, 0.2) is 6.61 Å². The molecule has 0 aliphatic rings. The second-order valence-corrected chi connectivity index (χ2v) is 6.46. The molecule has 2 rings (SSSR count). The summed E-state index contributed by atoms with van der Waals surface area (Å²) in [5.41, 5.74) is 3.04. The van der Waals surface area contributed by atoms with Gasteiger partial charge in [0.1, 0.15) is 0 Å². The maximum Gasteiger partial charge on any atom is 0.338 e. The van der Waals surface area contributed by atoms with Gasteiger partial charge in [-0.3, -0.25) is 4.79 Å². The van der Waals surface area contributed by atoms with Crippen LogP contribution in [0.4, 0.5) is 0 Å². The second-order valence-electron chi connectivity index (χ2n) is 6.46. The van der Waals surface area contributed by atoms with E-state index in [0.29, 0.717) is 11.1 Å². The van der Waals surface area contributed by atoms with Crippen LogP contribution >= 0.6 is 0 Å². The van der Waals surface area contributed by atoms with Crippen molar-refractivity contribution in [3.8, 4) is 0 Å². The number of fused-ring (bicyclic) bond motifs is 1. The summed E-state index contributed by atoms with van der Waals surface area (Å²) in [5, 5.41) is 2.82. The molecule has 0 spiro atoms. The first kappa shape index (κ1) is 17.8. The highest BCUT2D eigenvalue weighted by Gasteiger charge is 2.19. The summed E-state index contributed by atoms with van der Waals surface area (Å²) >= 11 is 0. The van der Waals surface area contributed by atoms with E-state index in [2.05, 4.69) is 15.3 Å². The minimum Gasteiger partial charge on any atom is -0.452 e. The van der Waals surface area contributed by atoms with Crippen LogP contribution in [-0.2, 0) is 9.53 Å². The van der Waals surface area contributed by atoms with E-state index in [-0.39, 0.29) is 18.1 Å². The number of nitrogens with one attached hydrogen (secondary N) is 1. The van der Waals surface area contributed by atoms with Crippen molar-refractivity contribution in [2.24, 2.45) is 0 Å². The van der Waals surface area contributed by atoms with Crippen LogP contribution in [0.25, 0.3) is 11.0 Å². The number of ether oxygens (including phenoxy) is 1. The standard InChI is InChI=1S/C18H23N3O3/c1-6-18(4,5)21-16(22)10-24-17(23)13-7-8-14-15(9-13)20-12(3)11(2)19-14/h7-9H,6,10H2,1-5H3,(H,21,22). The van der Waals surface area contributed by atoms with Crippen molar-refractivity contribution in [3.05, 3.63) is 35.2 Å². The summed E-state index contributed by atoms with van der Waals surface area (Å²) in [5.74, 6) is -0.872. The van der Waals surface area contributed by atoms with Crippen LogP contribution in [0.3, 0.4) is 0 Å². The third-order valence-corrected chi connectivity index (χ3v) is 4.01. The fraction of sp³-hybridized carbons (Fsp3) is 0.444. The molecule has 0 saturated heterocycles. The zero-order valence-electron chi connectivity index (χ0n) is 14.8. The quantitative estimate of drug-likeness (QED) is 0.853. The monoisotopic (exact) mass is 329 g/mol. The first-order valence-corrected chi connectivity index (χ1v) is 7.95. The number of hydrogen-bond donors (Lipinski definition) is 1. The summed E-state index contributed by atoms with van der Waals surface area (Å²) in [6.45, 7) is 9.26. The molecular weight excluding hydrogens is 306 g/mol. The van der Waals surface area contributed by atoms with Crippen LogP contribution < -0.4 is 5.32 Å². The van der Waals surface area contributed by atoms with Gasteiger partial charge in [-0.25, -0.2) is 14.8 Å². The topological polar surface area (TPSA) is 81.2 Å². The molecule has 0 fully saturated rings. The van der Waals surface area contributed by atoms with E-state index in [4.69, 9.17) is 4.74 Å². The lowest BCUT2D eigenvalue weighted by Gasteiger charge is -2.24. The van der Waals surface area contributed by atoms with Crippen LogP contribution in [-0.4, -0.2) is 34.0 Å². The molecule has 0 bridgehead atoms. The SMILES string of the molecule is CCC(C)(C)NC(=O)COC(=O)c1ccc2nc(C)c(C)nc2c1. The summed E-state index contributed by atoms with van der Waals surface area (Å²) < 4.78 is 5.08. The van der Waals surface area contributed by atoms with Gasteiger partial charge in [0, 0.05) is 5.54 Å². The Morgan fingerprint density at radius 1 is 1.12 bits per heavy atom. The number of hydrogen-bond acceptors (Lipinski definition) is 5. The van der Waals surface area contributed by atoms with Crippen LogP contribution in [0.2, 0.25) is 0 Å². The van der Waals surface area contributed by atoms with E-state index in [0.717, 1.165) is 23.3 Å². The largest absolute Gasteiger partial charge is 0.452 e. The molecule has 128 valence electrons. The fourth-order valence-corrected chi connectivity index (χ4v) is 2.07. The maximum atomic E-state index is 12.1. The van der Waals surface area contributed by atoms with Gasteiger partial charge in [0.2, 0.25) is 0 Å². The Bertz CT molecular complexity index is 784. The lowest BCUT2D eigenvalue weighted by atomic mass is 10.0. The zero-order valence-corrected chi connectivity index (χ0v) is 14.8. The highest BCUT2D eigenvalue weighted by atomic mass is 16.5. The maximum absolute atomic E-state index is 12.1. The smallest absolute Gasteiger partial charge is 0.338 e. The number of nitrogens with zero attached hydrogens (tertiary/aromatic N) is 2. The highest BCUT2D eigenvalue weighted by molar-refractivity contribution is 5.94. The predicted molar refractivity (Wildman–Crippen MR) is 91.8 cm³/mol. The average molecular weight is 329 g/mol. The summed E-state index contributed by atoms with van der Waals surface area (Å²) in [6.07, 6.45) is 0.787. The lowest BCUT2D eigenvalue weighted by Crippen LogP contribution is -2.44. The molecule has 0 atom stereocenters.